The molecule has 17 heavy (non-hydrogen) atoms. The predicted octanol–water partition coefficient (Wildman–Crippen LogP) is 2.00. The van der Waals surface area contributed by atoms with E-state index in [1.807, 2.05) is 6.20 Å². The molecule has 0 fully saturated rings. The maximum absolute atomic E-state index is 5.89. The normalized spacial score (nSPS) is 12.2. The first-order valence-corrected chi connectivity index (χ1v) is 6.31. The number of aromatic nitrogens is 3. The van der Waals surface area contributed by atoms with Crippen LogP contribution < -0.4 is 5.73 Å². The van der Waals surface area contributed by atoms with Crippen LogP contribution in [0.1, 0.15) is 13.8 Å². The highest BCUT2D eigenvalue weighted by Crippen LogP contribution is 2.29. The van der Waals surface area contributed by atoms with Crippen molar-refractivity contribution in [2.45, 2.75) is 19.4 Å². The summed E-state index contributed by atoms with van der Waals surface area (Å²) in [5, 5.41) is 0.914. The summed E-state index contributed by atoms with van der Waals surface area (Å²) in [6.45, 7) is 4.81. The fourth-order valence-electron chi connectivity index (χ4n) is 1.92. The zero-order chi connectivity index (χ0) is 12.6. The third-order valence-corrected chi connectivity index (χ3v) is 3.53. The minimum atomic E-state index is -0.169. The summed E-state index contributed by atoms with van der Waals surface area (Å²) in [5.41, 5.74) is 6.57. The zero-order valence-electron chi connectivity index (χ0n) is 10.1. The summed E-state index contributed by atoms with van der Waals surface area (Å²) in [7, 11) is 1.70. The third-order valence-electron chi connectivity index (χ3n) is 2.72. The van der Waals surface area contributed by atoms with Crippen LogP contribution in [0.5, 0.6) is 0 Å². The fourth-order valence-corrected chi connectivity index (χ4v) is 2.72. The quantitative estimate of drug-likeness (QED) is 0.864. The molecule has 2 heterocycles. The Morgan fingerprint density at radius 3 is 2.82 bits per heavy atom. The van der Waals surface area contributed by atoms with E-state index < -0.39 is 0 Å². The Hall–Kier alpha value is -0.890. The molecule has 0 aliphatic heterocycles. The first-order valence-electron chi connectivity index (χ1n) is 5.24. The van der Waals surface area contributed by atoms with Gasteiger partial charge in [-0.3, -0.25) is 0 Å². The zero-order valence-corrected chi connectivity index (χ0v) is 12.2. The number of methoxy groups -OCH3 is 1. The van der Waals surface area contributed by atoms with E-state index in [4.69, 9.17) is 10.5 Å². The molecule has 0 amide bonds. The molecule has 0 aliphatic rings. The molecule has 5 nitrogen and oxygen atoms in total. The van der Waals surface area contributed by atoms with Crippen molar-refractivity contribution in [3.8, 4) is 0 Å². The van der Waals surface area contributed by atoms with Crippen LogP contribution in [-0.2, 0) is 10.3 Å². The number of fused-ring (bicyclic) bond motifs is 1. The van der Waals surface area contributed by atoms with E-state index in [-0.39, 0.29) is 5.54 Å². The molecule has 0 radical (unpaired) electrons. The highest BCUT2D eigenvalue weighted by Gasteiger charge is 2.24. The van der Waals surface area contributed by atoms with Gasteiger partial charge in [0.05, 0.1) is 17.5 Å². The van der Waals surface area contributed by atoms with Crippen LogP contribution in [0.2, 0.25) is 0 Å². The standard InChI is InChI=1S/C11H15IN4O/c1-11(2,5-17-3)16-4-7(12)8-9(13)14-6-15-10(8)16/h4,6H,5H2,1-3H3,(H2,13,14,15). The number of nitrogens with two attached hydrogens (primary N) is 1. The second kappa shape index (κ2) is 4.41. The summed E-state index contributed by atoms with van der Waals surface area (Å²) in [4.78, 5) is 8.35. The predicted molar refractivity (Wildman–Crippen MR) is 75.9 cm³/mol. The van der Waals surface area contributed by atoms with Crippen LogP contribution >= 0.6 is 22.6 Å². The molecule has 0 unspecified atom stereocenters. The average molecular weight is 346 g/mol. The van der Waals surface area contributed by atoms with Gasteiger partial charge in [0.15, 0.2) is 0 Å². The summed E-state index contributed by atoms with van der Waals surface area (Å²) in [5.74, 6) is 0.520. The molecule has 0 spiro atoms. The SMILES string of the molecule is COCC(C)(C)n1cc(I)c2c(N)ncnc21. The van der Waals surface area contributed by atoms with E-state index in [1.54, 1.807) is 7.11 Å². The molecule has 2 aromatic rings. The summed E-state index contributed by atoms with van der Waals surface area (Å²) in [6, 6.07) is 0. The molecule has 0 atom stereocenters. The van der Waals surface area contributed by atoms with Crippen LogP contribution in [0.25, 0.3) is 11.0 Å². The molecule has 2 rings (SSSR count). The molecular weight excluding hydrogens is 331 g/mol. The number of rotatable bonds is 3. The number of hydrogen-bond acceptors (Lipinski definition) is 4. The Kier molecular flexibility index (Phi) is 3.26. The Labute approximate surface area is 114 Å². The number of hydrogen-bond donors (Lipinski definition) is 1. The van der Waals surface area contributed by atoms with Gasteiger partial charge in [0, 0.05) is 16.9 Å². The van der Waals surface area contributed by atoms with Crippen molar-refractivity contribution in [1.82, 2.24) is 14.5 Å². The molecule has 0 bridgehead atoms. The maximum atomic E-state index is 5.89. The van der Waals surface area contributed by atoms with Gasteiger partial charge in [-0.05, 0) is 36.4 Å². The summed E-state index contributed by atoms with van der Waals surface area (Å²) in [6.07, 6.45) is 3.53. The molecule has 2 aromatic heterocycles. The lowest BCUT2D eigenvalue weighted by molar-refractivity contribution is 0.112. The number of ether oxygens (including phenoxy) is 1. The molecule has 0 aliphatic carbocycles. The Bertz CT molecular complexity index is 550. The molecule has 6 heteroatoms. The van der Waals surface area contributed by atoms with Crippen LogP contribution in [0.4, 0.5) is 5.82 Å². The highest BCUT2D eigenvalue weighted by atomic mass is 127. The second-order valence-corrected chi connectivity index (χ2v) is 5.71. The first kappa shape index (κ1) is 12.6. The van der Waals surface area contributed by atoms with E-state index in [0.29, 0.717) is 12.4 Å². The Balaban J connectivity index is 2.68. The van der Waals surface area contributed by atoms with Gasteiger partial charge in [-0.25, -0.2) is 9.97 Å². The topological polar surface area (TPSA) is 66.0 Å². The van der Waals surface area contributed by atoms with Crippen molar-refractivity contribution in [2.75, 3.05) is 19.5 Å². The number of nitrogen functional groups attached to an aromatic ring is 1. The van der Waals surface area contributed by atoms with Gasteiger partial charge in [-0.15, -0.1) is 0 Å². The number of anilines is 1. The van der Waals surface area contributed by atoms with Crippen molar-refractivity contribution in [1.29, 1.82) is 0 Å². The number of halogens is 1. The summed E-state index contributed by atoms with van der Waals surface area (Å²) < 4.78 is 8.40. The van der Waals surface area contributed by atoms with E-state index >= 15 is 0 Å². The first-order chi connectivity index (χ1) is 7.97. The van der Waals surface area contributed by atoms with Crippen molar-refractivity contribution in [3.05, 3.63) is 16.1 Å². The maximum Gasteiger partial charge on any atom is 0.147 e. The monoisotopic (exact) mass is 346 g/mol. The van der Waals surface area contributed by atoms with Crippen LogP contribution in [-0.4, -0.2) is 28.3 Å². The lowest BCUT2D eigenvalue weighted by atomic mass is 10.1. The fraction of sp³-hybridized carbons (Fsp3) is 0.455. The largest absolute Gasteiger partial charge is 0.383 e. The second-order valence-electron chi connectivity index (χ2n) is 4.55. The van der Waals surface area contributed by atoms with Gasteiger partial charge >= 0.3 is 0 Å². The van der Waals surface area contributed by atoms with Crippen LogP contribution in [0.3, 0.4) is 0 Å². The smallest absolute Gasteiger partial charge is 0.147 e. The van der Waals surface area contributed by atoms with Gasteiger partial charge in [0.1, 0.15) is 17.8 Å². The van der Waals surface area contributed by atoms with E-state index in [0.717, 1.165) is 14.6 Å². The minimum absolute atomic E-state index is 0.169. The van der Waals surface area contributed by atoms with Gasteiger partial charge in [0.2, 0.25) is 0 Å². The van der Waals surface area contributed by atoms with Crippen LogP contribution in [0.15, 0.2) is 12.5 Å². The molecule has 0 saturated heterocycles. The van der Waals surface area contributed by atoms with E-state index in [9.17, 15) is 0 Å². The average Bonchev–Trinajstić information content (AvgIpc) is 2.58. The minimum Gasteiger partial charge on any atom is -0.383 e. The number of nitrogens with zero attached hydrogens (tertiary/aromatic N) is 3. The van der Waals surface area contributed by atoms with Gasteiger partial charge in [-0.1, -0.05) is 0 Å². The molecule has 92 valence electrons. The summed E-state index contributed by atoms with van der Waals surface area (Å²) >= 11 is 2.25. The Morgan fingerprint density at radius 2 is 2.18 bits per heavy atom. The lowest BCUT2D eigenvalue weighted by Gasteiger charge is -2.26. The van der Waals surface area contributed by atoms with Crippen LogP contribution in [0, 0.1) is 3.57 Å². The van der Waals surface area contributed by atoms with Gasteiger partial charge in [-0.2, -0.15) is 0 Å². The van der Waals surface area contributed by atoms with Gasteiger partial charge in [0.25, 0.3) is 0 Å². The molecular formula is C11H15IN4O. The van der Waals surface area contributed by atoms with E-state index in [1.165, 1.54) is 6.33 Å². The van der Waals surface area contributed by atoms with Crippen molar-refractivity contribution in [2.24, 2.45) is 0 Å². The molecule has 2 N–H and O–H groups in total. The molecule has 0 saturated carbocycles. The van der Waals surface area contributed by atoms with Crippen molar-refractivity contribution < 1.29 is 4.74 Å². The highest BCUT2D eigenvalue weighted by molar-refractivity contribution is 14.1. The lowest BCUT2D eigenvalue weighted by Crippen LogP contribution is -2.31. The van der Waals surface area contributed by atoms with Crippen molar-refractivity contribution >= 4 is 39.4 Å². The van der Waals surface area contributed by atoms with Crippen molar-refractivity contribution in [3.63, 3.8) is 0 Å². The van der Waals surface area contributed by atoms with Gasteiger partial charge < -0.3 is 15.0 Å². The third kappa shape index (κ3) is 2.11. The van der Waals surface area contributed by atoms with E-state index in [2.05, 4.69) is 51.0 Å². The Morgan fingerprint density at radius 1 is 1.47 bits per heavy atom. The molecule has 0 aromatic carbocycles.